The van der Waals surface area contributed by atoms with E-state index in [1.807, 2.05) is 38.1 Å². The molecule has 1 aromatic rings. The molecule has 1 aromatic carbocycles. The van der Waals surface area contributed by atoms with Crippen molar-refractivity contribution in [3.8, 4) is 0 Å². The van der Waals surface area contributed by atoms with Crippen LogP contribution in [0.2, 0.25) is 0 Å². The summed E-state index contributed by atoms with van der Waals surface area (Å²) in [7, 11) is 0. The minimum Gasteiger partial charge on any atom is -0.308 e. The van der Waals surface area contributed by atoms with Crippen molar-refractivity contribution in [3.05, 3.63) is 53.6 Å². The Hall–Kier alpha value is -1.63. The van der Waals surface area contributed by atoms with Gasteiger partial charge in [-0.3, -0.25) is 0 Å². The van der Waals surface area contributed by atoms with Gasteiger partial charge in [0.1, 0.15) is 0 Å². The number of aryl methyl sites for hydroxylation is 1. The van der Waals surface area contributed by atoms with Gasteiger partial charge in [0.05, 0.1) is 0 Å². The van der Waals surface area contributed by atoms with Gasteiger partial charge in [-0.25, -0.2) is 0 Å². The Morgan fingerprint density at radius 3 is 2.64 bits per heavy atom. The second-order valence-electron chi connectivity index (χ2n) is 3.16. The van der Waals surface area contributed by atoms with Crippen molar-refractivity contribution in [1.82, 2.24) is 0 Å². The lowest BCUT2D eigenvalue weighted by molar-refractivity contribution is 1.41. The van der Waals surface area contributed by atoms with E-state index >= 15 is 0 Å². The third-order valence-corrected chi connectivity index (χ3v) is 2.30. The Kier molecular flexibility index (Phi) is 3.41. The Morgan fingerprint density at radius 2 is 2.14 bits per heavy atom. The van der Waals surface area contributed by atoms with Gasteiger partial charge in [-0.2, -0.15) is 0 Å². The molecule has 0 unspecified atom stereocenters. The molecule has 1 heteroatoms. The zero-order chi connectivity index (χ0) is 10.6. The third-order valence-electron chi connectivity index (χ3n) is 2.30. The van der Waals surface area contributed by atoms with E-state index in [0.717, 1.165) is 22.3 Å². The summed E-state index contributed by atoms with van der Waals surface area (Å²) in [6.45, 7) is 7.76. The molecule has 1 N–H and O–H groups in total. The second kappa shape index (κ2) is 4.56. The summed E-state index contributed by atoms with van der Waals surface area (Å²) in [6.07, 6.45) is 5.24. The fourth-order valence-electron chi connectivity index (χ4n) is 1.38. The Labute approximate surface area is 85.3 Å². The van der Waals surface area contributed by atoms with Gasteiger partial charge in [0.15, 0.2) is 0 Å². The summed E-state index contributed by atoms with van der Waals surface area (Å²) < 4.78 is 0. The van der Waals surface area contributed by atoms with Crippen molar-refractivity contribution < 1.29 is 0 Å². The van der Waals surface area contributed by atoms with E-state index in [2.05, 4.69) is 12.6 Å². The lowest BCUT2D eigenvalue weighted by Gasteiger charge is -2.05. The third kappa shape index (κ3) is 1.99. The first-order chi connectivity index (χ1) is 6.72. The normalized spacial score (nSPS) is 11.1. The molecule has 1 nitrogen and oxygen atoms in total. The predicted octanol–water partition coefficient (Wildman–Crippen LogP) is 3.58. The standard InChI is InChI=1S/C13H15N/c1-4-11(5-2)12-7-6-10(3)13(8-12)9-14/h4-9,14H,1H2,2-3H3/b11-5+,14-9?. The van der Waals surface area contributed by atoms with E-state index < -0.39 is 0 Å². The Morgan fingerprint density at radius 1 is 1.43 bits per heavy atom. The molecule has 0 spiro atoms. The number of benzene rings is 1. The van der Waals surface area contributed by atoms with Crippen LogP contribution in [0.4, 0.5) is 0 Å². The number of rotatable bonds is 3. The molecule has 0 heterocycles. The van der Waals surface area contributed by atoms with Crippen LogP contribution in [0.5, 0.6) is 0 Å². The maximum atomic E-state index is 7.27. The highest BCUT2D eigenvalue weighted by molar-refractivity contribution is 5.83. The Balaban J connectivity index is 3.24. The molecule has 0 radical (unpaired) electrons. The van der Waals surface area contributed by atoms with Crippen LogP contribution < -0.4 is 0 Å². The van der Waals surface area contributed by atoms with Crippen molar-refractivity contribution in [3.63, 3.8) is 0 Å². The summed E-state index contributed by atoms with van der Waals surface area (Å²) in [4.78, 5) is 0. The molecular weight excluding hydrogens is 170 g/mol. The topological polar surface area (TPSA) is 23.9 Å². The van der Waals surface area contributed by atoms with Crippen LogP contribution in [0.15, 0.2) is 36.9 Å². The van der Waals surface area contributed by atoms with Gasteiger partial charge in [-0.15, -0.1) is 0 Å². The van der Waals surface area contributed by atoms with Crippen LogP contribution in [0.25, 0.3) is 5.57 Å². The lowest BCUT2D eigenvalue weighted by Crippen LogP contribution is -1.89. The largest absolute Gasteiger partial charge is 0.308 e. The van der Waals surface area contributed by atoms with Crippen molar-refractivity contribution in [2.45, 2.75) is 13.8 Å². The first kappa shape index (κ1) is 10.5. The van der Waals surface area contributed by atoms with Gasteiger partial charge in [0, 0.05) is 6.21 Å². The van der Waals surface area contributed by atoms with Gasteiger partial charge in [-0.05, 0) is 42.2 Å². The van der Waals surface area contributed by atoms with E-state index in [4.69, 9.17) is 5.41 Å². The zero-order valence-electron chi connectivity index (χ0n) is 8.67. The highest BCUT2D eigenvalue weighted by Gasteiger charge is 1.99. The van der Waals surface area contributed by atoms with Crippen molar-refractivity contribution in [1.29, 1.82) is 5.41 Å². The molecule has 72 valence electrons. The quantitative estimate of drug-likeness (QED) is 0.549. The van der Waals surface area contributed by atoms with Crippen LogP contribution in [-0.4, -0.2) is 6.21 Å². The minimum atomic E-state index is 0.962. The molecule has 0 aliphatic rings. The first-order valence-electron chi connectivity index (χ1n) is 4.63. The monoisotopic (exact) mass is 185 g/mol. The van der Waals surface area contributed by atoms with E-state index in [-0.39, 0.29) is 0 Å². The molecule has 0 saturated carbocycles. The van der Waals surface area contributed by atoms with Gasteiger partial charge in [-0.1, -0.05) is 30.9 Å². The highest BCUT2D eigenvalue weighted by atomic mass is 14.3. The average molecular weight is 185 g/mol. The molecule has 0 bridgehead atoms. The summed E-state index contributed by atoms with van der Waals surface area (Å²) in [5.41, 5.74) is 4.31. The average Bonchev–Trinajstić information content (AvgIpc) is 2.22. The lowest BCUT2D eigenvalue weighted by atomic mass is 10.0. The summed E-state index contributed by atoms with van der Waals surface area (Å²) >= 11 is 0. The maximum Gasteiger partial charge on any atom is 0.0253 e. The van der Waals surface area contributed by atoms with Crippen LogP contribution in [0, 0.1) is 12.3 Å². The van der Waals surface area contributed by atoms with Gasteiger partial charge in [0.25, 0.3) is 0 Å². The number of hydrogen-bond donors (Lipinski definition) is 1. The molecular formula is C13H15N. The predicted molar refractivity (Wildman–Crippen MR) is 62.9 cm³/mol. The van der Waals surface area contributed by atoms with E-state index in [1.54, 1.807) is 0 Å². The maximum absolute atomic E-state index is 7.27. The van der Waals surface area contributed by atoms with Crippen molar-refractivity contribution >= 4 is 11.8 Å². The van der Waals surface area contributed by atoms with Crippen molar-refractivity contribution in [2.75, 3.05) is 0 Å². The Bertz CT molecular complexity index is 386. The number of nitrogens with one attached hydrogen (secondary N) is 1. The van der Waals surface area contributed by atoms with Crippen molar-refractivity contribution in [2.24, 2.45) is 0 Å². The molecule has 0 amide bonds. The summed E-state index contributed by atoms with van der Waals surface area (Å²) in [5.74, 6) is 0. The fourth-order valence-corrected chi connectivity index (χ4v) is 1.38. The van der Waals surface area contributed by atoms with Crippen LogP contribution in [-0.2, 0) is 0 Å². The number of hydrogen-bond acceptors (Lipinski definition) is 1. The number of allylic oxidation sites excluding steroid dienone is 3. The van der Waals surface area contributed by atoms with Crippen LogP contribution in [0.1, 0.15) is 23.6 Å². The molecule has 0 atom stereocenters. The second-order valence-corrected chi connectivity index (χ2v) is 3.16. The van der Waals surface area contributed by atoms with Gasteiger partial charge in [0.2, 0.25) is 0 Å². The molecule has 0 aromatic heterocycles. The van der Waals surface area contributed by atoms with Gasteiger partial charge < -0.3 is 5.41 Å². The molecule has 0 aliphatic heterocycles. The van der Waals surface area contributed by atoms with Crippen LogP contribution in [0.3, 0.4) is 0 Å². The molecule has 0 aliphatic carbocycles. The van der Waals surface area contributed by atoms with Crippen LogP contribution >= 0.6 is 0 Å². The van der Waals surface area contributed by atoms with E-state index in [9.17, 15) is 0 Å². The SMILES string of the molecule is C=C/C(=C\C)c1ccc(C)c(C=N)c1. The van der Waals surface area contributed by atoms with E-state index in [1.165, 1.54) is 6.21 Å². The fraction of sp³-hybridized carbons (Fsp3) is 0.154. The van der Waals surface area contributed by atoms with E-state index in [0.29, 0.717) is 0 Å². The minimum absolute atomic E-state index is 0.962. The highest BCUT2D eigenvalue weighted by Crippen LogP contribution is 2.18. The molecule has 0 saturated heterocycles. The molecule has 0 fully saturated rings. The first-order valence-corrected chi connectivity index (χ1v) is 4.63. The molecule has 14 heavy (non-hydrogen) atoms. The van der Waals surface area contributed by atoms with Gasteiger partial charge >= 0.3 is 0 Å². The zero-order valence-corrected chi connectivity index (χ0v) is 8.67. The smallest absolute Gasteiger partial charge is 0.0253 e. The summed E-state index contributed by atoms with van der Waals surface area (Å²) in [5, 5.41) is 7.27. The summed E-state index contributed by atoms with van der Waals surface area (Å²) in [6, 6.07) is 6.10. The molecule has 1 rings (SSSR count).